The lowest BCUT2D eigenvalue weighted by atomic mass is 10.1. The SMILES string of the molecule is CCC(Oc1ccc(SC/C=C(/I)c2ccc(C(F)(F)F)cc2)cc1C)C(=O)O. The first-order chi connectivity index (χ1) is 13.6. The largest absolute Gasteiger partial charge is 0.479 e. The molecule has 1 N–H and O–H groups in total. The minimum Gasteiger partial charge on any atom is -0.479 e. The summed E-state index contributed by atoms with van der Waals surface area (Å²) in [5, 5.41) is 9.11. The van der Waals surface area contributed by atoms with Crippen LogP contribution in [0.4, 0.5) is 13.2 Å². The number of rotatable bonds is 8. The van der Waals surface area contributed by atoms with E-state index >= 15 is 0 Å². The molecule has 0 amide bonds. The number of ether oxygens (including phenoxy) is 1. The molecule has 156 valence electrons. The molecule has 2 aromatic carbocycles. The normalized spacial score (nSPS) is 13.2. The monoisotopic (exact) mass is 536 g/mol. The number of benzene rings is 2. The van der Waals surface area contributed by atoms with E-state index in [2.05, 4.69) is 22.6 Å². The van der Waals surface area contributed by atoms with Gasteiger partial charge in [0.1, 0.15) is 5.75 Å². The standard InChI is InChI=1S/C21H20F3IO3S/c1-3-18(20(26)27)28-19-9-8-16(12-13(19)2)29-11-10-17(25)14-4-6-15(7-5-14)21(22,23)24/h4-10,12,18H,3,11H2,1-2H3,(H,26,27)/b17-10+. The van der Waals surface area contributed by atoms with Crippen molar-refractivity contribution < 1.29 is 27.8 Å². The summed E-state index contributed by atoms with van der Waals surface area (Å²) in [6.07, 6.45) is -2.89. The summed E-state index contributed by atoms with van der Waals surface area (Å²) in [7, 11) is 0. The highest BCUT2D eigenvalue weighted by Crippen LogP contribution is 2.32. The van der Waals surface area contributed by atoms with E-state index in [0.29, 0.717) is 17.9 Å². The molecule has 8 heteroatoms. The van der Waals surface area contributed by atoms with Crippen LogP contribution in [0.25, 0.3) is 3.58 Å². The first kappa shape index (κ1) is 23.6. The smallest absolute Gasteiger partial charge is 0.416 e. The highest BCUT2D eigenvalue weighted by atomic mass is 127. The molecule has 0 saturated heterocycles. The Bertz CT molecular complexity index is 880. The number of halogens is 4. The molecule has 29 heavy (non-hydrogen) atoms. The quantitative estimate of drug-likeness (QED) is 0.297. The summed E-state index contributed by atoms with van der Waals surface area (Å²) >= 11 is 3.68. The second-order valence-electron chi connectivity index (χ2n) is 6.22. The van der Waals surface area contributed by atoms with Crippen LogP contribution in [0.5, 0.6) is 5.75 Å². The Balaban J connectivity index is 1.99. The van der Waals surface area contributed by atoms with Crippen molar-refractivity contribution in [2.45, 2.75) is 37.4 Å². The van der Waals surface area contributed by atoms with Gasteiger partial charge in [0.2, 0.25) is 0 Å². The zero-order chi connectivity index (χ0) is 21.6. The molecule has 0 aliphatic carbocycles. The molecule has 1 unspecified atom stereocenters. The highest BCUT2D eigenvalue weighted by molar-refractivity contribution is 14.1. The molecular weight excluding hydrogens is 516 g/mol. The lowest BCUT2D eigenvalue weighted by molar-refractivity contribution is -0.145. The first-order valence-corrected chi connectivity index (χ1v) is 10.8. The third kappa shape index (κ3) is 6.95. The van der Waals surface area contributed by atoms with Crippen LogP contribution in [0.3, 0.4) is 0 Å². The summed E-state index contributed by atoms with van der Waals surface area (Å²) in [6.45, 7) is 3.61. The van der Waals surface area contributed by atoms with Crippen molar-refractivity contribution in [3.63, 3.8) is 0 Å². The molecule has 1 atom stereocenters. The summed E-state index contributed by atoms with van der Waals surface area (Å²) in [4.78, 5) is 12.1. The first-order valence-electron chi connectivity index (χ1n) is 8.78. The van der Waals surface area contributed by atoms with Crippen LogP contribution in [-0.2, 0) is 11.0 Å². The van der Waals surface area contributed by atoms with Gasteiger partial charge in [0.15, 0.2) is 6.10 Å². The Hall–Kier alpha value is -1.68. The number of hydrogen-bond acceptors (Lipinski definition) is 3. The van der Waals surface area contributed by atoms with Gasteiger partial charge in [-0.25, -0.2) is 4.79 Å². The maximum Gasteiger partial charge on any atom is 0.416 e. The third-order valence-corrected chi connectivity index (χ3v) is 6.05. The molecule has 0 saturated carbocycles. The Morgan fingerprint density at radius 3 is 2.41 bits per heavy atom. The van der Waals surface area contributed by atoms with Gasteiger partial charge < -0.3 is 9.84 Å². The van der Waals surface area contributed by atoms with Crippen LogP contribution < -0.4 is 4.74 Å². The molecule has 0 aliphatic heterocycles. The van der Waals surface area contributed by atoms with E-state index in [1.807, 2.05) is 25.1 Å². The summed E-state index contributed by atoms with van der Waals surface area (Å²) in [5.41, 5.74) is 0.917. The predicted molar refractivity (Wildman–Crippen MR) is 118 cm³/mol. The van der Waals surface area contributed by atoms with Gasteiger partial charge in [0, 0.05) is 14.2 Å². The number of aryl methyl sites for hydroxylation is 1. The van der Waals surface area contributed by atoms with Crippen LogP contribution in [0.15, 0.2) is 53.4 Å². The van der Waals surface area contributed by atoms with Gasteiger partial charge in [-0.2, -0.15) is 13.2 Å². The Labute approximate surface area is 185 Å². The lowest BCUT2D eigenvalue weighted by Crippen LogP contribution is -2.26. The number of carboxylic acids is 1. The number of hydrogen-bond donors (Lipinski definition) is 1. The van der Waals surface area contributed by atoms with Crippen molar-refractivity contribution in [3.8, 4) is 5.75 Å². The average Bonchev–Trinajstić information content (AvgIpc) is 2.66. The molecule has 0 heterocycles. The van der Waals surface area contributed by atoms with Crippen molar-refractivity contribution in [3.05, 3.63) is 65.2 Å². The van der Waals surface area contributed by atoms with Gasteiger partial charge in [-0.05, 0) is 77.4 Å². The minimum absolute atomic E-state index is 0.373. The molecule has 0 radical (unpaired) electrons. The Morgan fingerprint density at radius 2 is 1.90 bits per heavy atom. The zero-order valence-corrected chi connectivity index (χ0v) is 18.8. The summed E-state index contributed by atoms with van der Waals surface area (Å²) < 4.78 is 44.3. The fraction of sp³-hybridized carbons (Fsp3) is 0.286. The van der Waals surface area contributed by atoms with Crippen molar-refractivity contribution in [2.75, 3.05) is 5.75 Å². The second kappa shape index (κ2) is 10.4. The molecule has 3 nitrogen and oxygen atoms in total. The summed E-state index contributed by atoms with van der Waals surface area (Å²) in [6, 6.07) is 10.6. The van der Waals surface area contributed by atoms with Crippen molar-refractivity contribution in [2.24, 2.45) is 0 Å². The van der Waals surface area contributed by atoms with Crippen LogP contribution in [-0.4, -0.2) is 22.9 Å². The van der Waals surface area contributed by atoms with Gasteiger partial charge in [0.05, 0.1) is 5.56 Å². The fourth-order valence-electron chi connectivity index (χ4n) is 2.45. The third-order valence-electron chi connectivity index (χ3n) is 4.06. The number of carbonyl (C=O) groups is 1. The minimum atomic E-state index is -4.33. The van der Waals surface area contributed by atoms with Crippen molar-refractivity contribution in [1.82, 2.24) is 0 Å². The number of thioether (sulfide) groups is 1. The highest BCUT2D eigenvalue weighted by Gasteiger charge is 2.29. The maximum atomic E-state index is 12.6. The van der Waals surface area contributed by atoms with E-state index < -0.39 is 23.8 Å². The van der Waals surface area contributed by atoms with Crippen LogP contribution in [0.2, 0.25) is 0 Å². The van der Waals surface area contributed by atoms with E-state index in [1.165, 1.54) is 12.1 Å². The molecule has 0 aliphatic rings. The zero-order valence-electron chi connectivity index (χ0n) is 15.8. The van der Waals surface area contributed by atoms with Gasteiger partial charge >= 0.3 is 12.1 Å². The van der Waals surface area contributed by atoms with Gasteiger partial charge in [-0.15, -0.1) is 11.8 Å². The Kier molecular flexibility index (Phi) is 8.45. The second-order valence-corrected chi connectivity index (χ2v) is 8.47. The number of carboxylic acid groups (broad SMARTS) is 1. The van der Waals surface area contributed by atoms with Crippen LogP contribution >= 0.6 is 34.4 Å². The van der Waals surface area contributed by atoms with Crippen LogP contribution in [0.1, 0.15) is 30.0 Å². The van der Waals surface area contributed by atoms with Crippen molar-refractivity contribution >= 4 is 43.9 Å². The number of aliphatic carboxylic acids is 1. The topological polar surface area (TPSA) is 46.5 Å². The van der Waals surface area contributed by atoms with Crippen molar-refractivity contribution in [1.29, 1.82) is 0 Å². The van der Waals surface area contributed by atoms with E-state index in [-0.39, 0.29) is 0 Å². The van der Waals surface area contributed by atoms with Crippen LogP contribution in [0, 0.1) is 6.92 Å². The van der Waals surface area contributed by atoms with Gasteiger partial charge in [-0.3, -0.25) is 0 Å². The molecule has 0 aromatic heterocycles. The molecular formula is C21H20F3IO3S. The molecule has 2 rings (SSSR count). The molecule has 0 bridgehead atoms. The van der Waals surface area contributed by atoms with E-state index in [0.717, 1.165) is 31.7 Å². The molecule has 0 spiro atoms. The lowest BCUT2D eigenvalue weighted by Gasteiger charge is -2.15. The number of alkyl halides is 3. The molecule has 0 fully saturated rings. The van der Waals surface area contributed by atoms with E-state index in [9.17, 15) is 18.0 Å². The summed E-state index contributed by atoms with van der Waals surface area (Å²) in [5.74, 6) is 0.192. The molecule has 2 aromatic rings. The Morgan fingerprint density at radius 1 is 1.24 bits per heavy atom. The van der Waals surface area contributed by atoms with Gasteiger partial charge in [0.25, 0.3) is 0 Å². The predicted octanol–water partition coefficient (Wildman–Crippen LogP) is 6.82. The fourth-order valence-corrected chi connectivity index (χ4v) is 4.20. The average molecular weight is 536 g/mol. The van der Waals surface area contributed by atoms with E-state index in [4.69, 9.17) is 9.84 Å². The van der Waals surface area contributed by atoms with E-state index in [1.54, 1.807) is 24.8 Å². The maximum absolute atomic E-state index is 12.6. The van der Waals surface area contributed by atoms with Gasteiger partial charge in [-0.1, -0.05) is 25.1 Å².